The van der Waals surface area contributed by atoms with E-state index in [-0.39, 0.29) is 18.3 Å². The second-order valence-electron chi connectivity index (χ2n) is 3.10. The number of hydrogen-bond donors (Lipinski definition) is 0. The lowest BCUT2D eigenvalue weighted by molar-refractivity contribution is 0.228. The van der Waals surface area contributed by atoms with Crippen LogP contribution in [-0.2, 0) is 18.2 Å². The monoisotopic (exact) mass is 240 g/mol. The van der Waals surface area contributed by atoms with Crippen LogP contribution in [-0.4, -0.2) is 26.5 Å². The zero-order valence-electron chi connectivity index (χ0n) is 9.15. The molecule has 0 spiro atoms. The van der Waals surface area contributed by atoms with Crippen LogP contribution >= 0.6 is 14.7 Å². The third-order valence-corrected chi connectivity index (χ3v) is 6.79. The summed E-state index contributed by atoms with van der Waals surface area (Å²) in [5.41, 5.74) is 0. The van der Waals surface area contributed by atoms with E-state index in [0.717, 1.165) is 0 Å². The van der Waals surface area contributed by atoms with Crippen molar-refractivity contribution in [3.8, 4) is 0 Å². The maximum absolute atomic E-state index is 12.0. The summed E-state index contributed by atoms with van der Waals surface area (Å²) in [5.74, 6) is 0. The van der Waals surface area contributed by atoms with Gasteiger partial charge in [0.25, 0.3) is 0 Å². The molecule has 0 aromatic heterocycles. The first kappa shape index (κ1) is 14.1. The van der Waals surface area contributed by atoms with Crippen molar-refractivity contribution in [1.82, 2.24) is 0 Å². The first-order valence-corrected chi connectivity index (χ1v) is 8.56. The van der Waals surface area contributed by atoms with Crippen LogP contribution in [0.3, 0.4) is 0 Å². The van der Waals surface area contributed by atoms with Gasteiger partial charge in [0.15, 0.2) is 0 Å². The molecule has 0 saturated heterocycles. The van der Waals surface area contributed by atoms with Gasteiger partial charge in [0.1, 0.15) is 7.14 Å². The third-order valence-electron chi connectivity index (χ3n) is 1.54. The van der Waals surface area contributed by atoms with Gasteiger partial charge in [0.05, 0.1) is 18.3 Å². The SMILES string of the molecule is C=C(P(C)(C)=O)P(=O)(OCC)OCC. The zero-order valence-corrected chi connectivity index (χ0v) is 10.9. The molecule has 0 saturated carbocycles. The predicted molar refractivity (Wildman–Crippen MR) is 59.5 cm³/mol. The van der Waals surface area contributed by atoms with Crippen LogP contribution in [0.4, 0.5) is 0 Å². The van der Waals surface area contributed by atoms with E-state index in [1.165, 1.54) is 13.3 Å². The van der Waals surface area contributed by atoms with Gasteiger partial charge < -0.3 is 13.6 Å². The van der Waals surface area contributed by atoms with Crippen LogP contribution in [0, 0.1) is 0 Å². The van der Waals surface area contributed by atoms with Gasteiger partial charge in [-0.05, 0) is 27.2 Å². The number of hydrogen-bond acceptors (Lipinski definition) is 4. The van der Waals surface area contributed by atoms with Crippen molar-refractivity contribution in [1.29, 1.82) is 0 Å². The van der Waals surface area contributed by atoms with E-state index >= 15 is 0 Å². The van der Waals surface area contributed by atoms with Crippen LogP contribution in [0.15, 0.2) is 11.6 Å². The molecular formula is C8H18O4P2. The lowest BCUT2D eigenvalue weighted by Gasteiger charge is -2.21. The Bertz CT molecular complexity index is 282. The van der Waals surface area contributed by atoms with E-state index in [1.807, 2.05) is 0 Å². The molecular weight excluding hydrogens is 222 g/mol. The Balaban J connectivity index is 4.93. The average Bonchev–Trinajstić information content (AvgIpc) is 2.02. The Morgan fingerprint density at radius 2 is 1.50 bits per heavy atom. The molecule has 0 aliphatic heterocycles. The van der Waals surface area contributed by atoms with Crippen molar-refractivity contribution >= 4 is 14.7 Å². The summed E-state index contributed by atoms with van der Waals surface area (Å²) in [6.07, 6.45) is 0. The van der Waals surface area contributed by atoms with Gasteiger partial charge in [-0.1, -0.05) is 6.58 Å². The molecule has 14 heavy (non-hydrogen) atoms. The van der Waals surface area contributed by atoms with E-state index < -0.39 is 14.7 Å². The normalized spacial score (nSPS) is 12.9. The fraction of sp³-hybridized carbons (Fsp3) is 0.750. The molecule has 0 radical (unpaired) electrons. The Labute approximate surface area is 85.6 Å². The van der Waals surface area contributed by atoms with Crippen molar-refractivity contribution in [2.24, 2.45) is 0 Å². The van der Waals surface area contributed by atoms with Crippen LogP contribution < -0.4 is 0 Å². The van der Waals surface area contributed by atoms with Gasteiger partial charge in [-0.15, -0.1) is 0 Å². The summed E-state index contributed by atoms with van der Waals surface area (Å²) >= 11 is 0. The molecule has 6 heteroatoms. The Kier molecular flexibility index (Phi) is 5.32. The minimum atomic E-state index is -3.39. The highest BCUT2D eigenvalue weighted by atomic mass is 31.2. The van der Waals surface area contributed by atoms with E-state index in [4.69, 9.17) is 9.05 Å². The minimum absolute atomic E-state index is 0.0914. The standard InChI is InChI=1S/C8H18O4P2/c1-6-11-14(10,12-7-2)8(3)13(4,5)9/h3,6-7H2,1-2,4-5H3. The Morgan fingerprint density at radius 3 is 1.71 bits per heavy atom. The molecule has 0 aromatic rings. The van der Waals surface area contributed by atoms with Crippen LogP contribution in [0.1, 0.15) is 13.8 Å². The highest BCUT2D eigenvalue weighted by Gasteiger charge is 2.35. The molecule has 0 rings (SSSR count). The lowest BCUT2D eigenvalue weighted by atomic mass is 10.9. The summed E-state index contributed by atoms with van der Waals surface area (Å²) < 4.78 is 33.8. The van der Waals surface area contributed by atoms with Crippen molar-refractivity contribution in [2.75, 3.05) is 26.5 Å². The minimum Gasteiger partial charge on any atom is -0.319 e. The van der Waals surface area contributed by atoms with Gasteiger partial charge in [0.2, 0.25) is 0 Å². The van der Waals surface area contributed by atoms with E-state index in [2.05, 4.69) is 6.58 Å². The molecule has 0 fully saturated rings. The Morgan fingerprint density at radius 1 is 1.14 bits per heavy atom. The van der Waals surface area contributed by atoms with Crippen molar-refractivity contribution in [3.05, 3.63) is 11.6 Å². The van der Waals surface area contributed by atoms with Gasteiger partial charge in [-0.25, -0.2) is 0 Å². The molecule has 0 N–H and O–H groups in total. The third kappa shape index (κ3) is 3.70. The maximum Gasteiger partial charge on any atom is 0.364 e. The van der Waals surface area contributed by atoms with E-state index in [0.29, 0.717) is 0 Å². The van der Waals surface area contributed by atoms with Gasteiger partial charge in [0, 0.05) is 0 Å². The molecule has 0 aliphatic carbocycles. The van der Waals surface area contributed by atoms with Crippen molar-refractivity contribution < 1.29 is 18.2 Å². The van der Waals surface area contributed by atoms with Gasteiger partial charge >= 0.3 is 7.60 Å². The van der Waals surface area contributed by atoms with Crippen molar-refractivity contribution in [3.63, 3.8) is 0 Å². The van der Waals surface area contributed by atoms with E-state index in [9.17, 15) is 9.13 Å². The molecule has 0 bridgehead atoms. The zero-order chi connectivity index (χ0) is 11.4. The summed E-state index contributed by atoms with van der Waals surface area (Å²) in [6.45, 7) is 10.5. The fourth-order valence-electron chi connectivity index (χ4n) is 0.821. The summed E-state index contributed by atoms with van der Waals surface area (Å²) in [6, 6.07) is 0. The van der Waals surface area contributed by atoms with Crippen molar-refractivity contribution in [2.45, 2.75) is 13.8 Å². The van der Waals surface area contributed by atoms with Crippen LogP contribution in [0.5, 0.6) is 0 Å². The fourth-order valence-corrected chi connectivity index (χ4v) is 4.58. The highest BCUT2D eigenvalue weighted by Crippen LogP contribution is 2.69. The highest BCUT2D eigenvalue weighted by molar-refractivity contribution is 7.82. The molecule has 84 valence electrons. The van der Waals surface area contributed by atoms with Crippen LogP contribution in [0.25, 0.3) is 0 Å². The largest absolute Gasteiger partial charge is 0.364 e. The average molecular weight is 240 g/mol. The second-order valence-corrected chi connectivity index (χ2v) is 8.75. The molecule has 0 aliphatic rings. The van der Waals surface area contributed by atoms with Gasteiger partial charge in [-0.3, -0.25) is 4.57 Å². The Hall–Kier alpha value is 0.120. The molecule has 0 atom stereocenters. The number of rotatable bonds is 6. The second kappa shape index (κ2) is 5.27. The predicted octanol–water partition coefficient (Wildman–Crippen LogP) is 3.35. The first-order chi connectivity index (χ1) is 6.28. The molecule has 0 unspecified atom stereocenters. The lowest BCUT2D eigenvalue weighted by Crippen LogP contribution is -1.98. The summed E-state index contributed by atoms with van der Waals surface area (Å²) in [5, 5.41) is 0.0914. The topological polar surface area (TPSA) is 52.6 Å². The maximum atomic E-state index is 12.0. The molecule has 0 aromatic carbocycles. The quantitative estimate of drug-likeness (QED) is 0.668. The first-order valence-electron chi connectivity index (χ1n) is 4.42. The van der Waals surface area contributed by atoms with Gasteiger partial charge in [-0.2, -0.15) is 0 Å². The smallest absolute Gasteiger partial charge is 0.319 e. The van der Waals surface area contributed by atoms with E-state index in [1.54, 1.807) is 13.8 Å². The summed E-state index contributed by atoms with van der Waals surface area (Å²) in [4.78, 5) is 0. The molecule has 0 amide bonds. The van der Waals surface area contributed by atoms with Crippen LogP contribution in [0.2, 0.25) is 0 Å². The summed E-state index contributed by atoms with van der Waals surface area (Å²) in [7, 11) is -6.03. The molecule has 4 nitrogen and oxygen atoms in total. The molecule has 0 heterocycles.